The number of aliphatic hydroxyl groups is 1. The van der Waals surface area contributed by atoms with Crippen LogP contribution in [-0.4, -0.2) is 33.1 Å². The third kappa shape index (κ3) is 4.36. The normalized spacial score (nSPS) is 13.5. The first-order chi connectivity index (χ1) is 10.5. The molecule has 0 bridgehead atoms. The molecule has 0 aliphatic carbocycles. The number of hydrogen-bond acceptors (Lipinski definition) is 4. The predicted octanol–water partition coefficient (Wildman–Crippen LogP) is 1.82. The van der Waals surface area contributed by atoms with Crippen molar-refractivity contribution in [1.29, 1.82) is 0 Å². The number of hydrogen-bond donors (Lipinski definition) is 2. The highest BCUT2D eigenvalue weighted by Crippen LogP contribution is 2.07. The first kappa shape index (κ1) is 16.1. The molecule has 0 aliphatic rings. The van der Waals surface area contributed by atoms with Crippen molar-refractivity contribution in [2.45, 2.75) is 39.3 Å². The molecule has 0 aliphatic heterocycles. The minimum atomic E-state index is -0.657. The molecule has 0 unspecified atom stereocenters. The average molecular weight is 299 g/mol. The number of carbonyl (C=O) groups is 1. The molecular formula is C17H21N3O2. The fourth-order valence-corrected chi connectivity index (χ4v) is 2.24. The zero-order valence-corrected chi connectivity index (χ0v) is 13.1. The Kier molecular flexibility index (Phi) is 5.22. The van der Waals surface area contributed by atoms with Crippen molar-refractivity contribution in [3.05, 3.63) is 59.2 Å². The average Bonchev–Trinajstić information content (AvgIpc) is 2.47. The van der Waals surface area contributed by atoms with Crippen LogP contribution in [0, 0.1) is 13.8 Å². The highest BCUT2D eigenvalue weighted by Gasteiger charge is 2.19. The van der Waals surface area contributed by atoms with E-state index < -0.39 is 6.10 Å². The van der Waals surface area contributed by atoms with E-state index in [0.29, 0.717) is 17.9 Å². The topological polar surface area (TPSA) is 75.1 Å². The van der Waals surface area contributed by atoms with Gasteiger partial charge in [-0.2, -0.15) is 0 Å². The molecule has 2 N–H and O–H groups in total. The Hall–Kier alpha value is -2.27. The van der Waals surface area contributed by atoms with Crippen LogP contribution in [0.3, 0.4) is 0 Å². The number of nitrogens with one attached hydrogen (secondary N) is 1. The van der Waals surface area contributed by atoms with Gasteiger partial charge in [-0.25, -0.2) is 9.97 Å². The zero-order valence-electron chi connectivity index (χ0n) is 13.1. The van der Waals surface area contributed by atoms with Gasteiger partial charge in [-0.05, 0) is 32.4 Å². The van der Waals surface area contributed by atoms with Crippen molar-refractivity contribution >= 4 is 5.91 Å². The van der Waals surface area contributed by atoms with Crippen LogP contribution in [0.25, 0.3) is 0 Å². The van der Waals surface area contributed by atoms with Gasteiger partial charge >= 0.3 is 0 Å². The Morgan fingerprint density at radius 3 is 2.55 bits per heavy atom. The number of nitrogens with zero attached hydrogens (tertiary/aromatic N) is 2. The lowest BCUT2D eigenvalue weighted by molar-refractivity contribution is 0.0846. The van der Waals surface area contributed by atoms with Crippen LogP contribution in [-0.2, 0) is 6.42 Å². The van der Waals surface area contributed by atoms with Crippen LogP contribution in [0.1, 0.15) is 34.5 Å². The van der Waals surface area contributed by atoms with Gasteiger partial charge in [0, 0.05) is 12.1 Å². The lowest BCUT2D eigenvalue weighted by atomic mass is 10.0. The van der Waals surface area contributed by atoms with E-state index in [2.05, 4.69) is 15.3 Å². The molecule has 2 aromatic rings. The van der Waals surface area contributed by atoms with Gasteiger partial charge < -0.3 is 10.4 Å². The van der Waals surface area contributed by atoms with Crippen molar-refractivity contribution in [3.8, 4) is 0 Å². The minimum Gasteiger partial charge on any atom is -0.391 e. The molecule has 5 heteroatoms. The second-order valence-electron chi connectivity index (χ2n) is 5.46. The van der Waals surface area contributed by atoms with Crippen molar-refractivity contribution in [1.82, 2.24) is 15.3 Å². The molecule has 0 saturated carbocycles. The largest absolute Gasteiger partial charge is 0.391 e. The highest BCUT2D eigenvalue weighted by atomic mass is 16.3. The van der Waals surface area contributed by atoms with Gasteiger partial charge in [-0.15, -0.1) is 0 Å². The predicted molar refractivity (Wildman–Crippen MR) is 84.6 cm³/mol. The first-order valence-corrected chi connectivity index (χ1v) is 7.31. The number of rotatable bonds is 5. The standard InChI is InChI=1S/C17H21N3O2/c1-11-9-15(20-13(3)18-11)17(22)19-12(2)16(21)10-14-7-5-4-6-8-14/h4-9,12,16,21H,10H2,1-3H3,(H,19,22)/t12-,16+/m0/s1. The quantitative estimate of drug-likeness (QED) is 0.883. The van der Waals surface area contributed by atoms with E-state index in [1.54, 1.807) is 19.9 Å². The zero-order chi connectivity index (χ0) is 16.1. The van der Waals surface area contributed by atoms with Crippen molar-refractivity contribution in [2.75, 3.05) is 0 Å². The smallest absolute Gasteiger partial charge is 0.270 e. The van der Waals surface area contributed by atoms with Crippen molar-refractivity contribution in [3.63, 3.8) is 0 Å². The second kappa shape index (κ2) is 7.13. The van der Waals surface area contributed by atoms with E-state index in [9.17, 15) is 9.90 Å². The third-order valence-electron chi connectivity index (χ3n) is 3.42. The molecule has 2 atom stereocenters. The molecule has 0 radical (unpaired) electrons. The number of amides is 1. The SMILES string of the molecule is Cc1cc(C(=O)N[C@@H](C)[C@H](O)Cc2ccccc2)nc(C)n1. The number of carbonyl (C=O) groups excluding carboxylic acids is 1. The van der Waals surface area contributed by atoms with E-state index in [1.807, 2.05) is 37.3 Å². The van der Waals surface area contributed by atoms with Crippen LogP contribution >= 0.6 is 0 Å². The second-order valence-corrected chi connectivity index (χ2v) is 5.46. The minimum absolute atomic E-state index is 0.298. The third-order valence-corrected chi connectivity index (χ3v) is 3.42. The molecule has 0 fully saturated rings. The Bertz CT molecular complexity index is 623. The monoisotopic (exact) mass is 299 g/mol. The van der Waals surface area contributed by atoms with E-state index >= 15 is 0 Å². The van der Waals surface area contributed by atoms with E-state index in [-0.39, 0.29) is 11.9 Å². The van der Waals surface area contributed by atoms with Gasteiger partial charge in [0.1, 0.15) is 11.5 Å². The molecule has 2 rings (SSSR count). The summed E-state index contributed by atoms with van der Waals surface area (Å²) in [6.07, 6.45) is -0.167. The molecule has 22 heavy (non-hydrogen) atoms. The Morgan fingerprint density at radius 2 is 1.91 bits per heavy atom. The fraction of sp³-hybridized carbons (Fsp3) is 0.353. The van der Waals surface area contributed by atoms with Gasteiger partial charge in [0.2, 0.25) is 0 Å². The molecular weight excluding hydrogens is 278 g/mol. The van der Waals surface area contributed by atoms with Crippen molar-refractivity contribution in [2.24, 2.45) is 0 Å². The molecule has 0 saturated heterocycles. The summed E-state index contributed by atoms with van der Waals surface area (Å²) in [4.78, 5) is 20.5. The van der Waals surface area contributed by atoms with Gasteiger partial charge in [-0.3, -0.25) is 4.79 Å². The molecule has 1 aromatic carbocycles. The van der Waals surface area contributed by atoms with Crippen LogP contribution in [0.5, 0.6) is 0 Å². The maximum Gasteiger partial charge on any atom is 0.270 e. The summed E-state index contributed by atoms with van der Waals surface area (Å²) in [5.41, 5.74) is 2.10. The summed E-state index contributed by atoms with van der Waals surface area (Å²) >= 11 is 0. The molecule has 1 amide bonds. The lowest BCUT2D eigenvalue weighted by Crippen LogP contribution is -2.42. The first-order valence-electron chi connectivity index (χ1n) is 7.31. The number of aromatic nitrogens is 2. The molecule has 1 aromatic heterocycles. The molecule has 116 valence electrons. The molecule has 0 spiro atoms. The van der Waals surface area contributed by atoms with Crippen LogP contribution in [0.4, 0.5) is 0 Å². The van der Waals surface area contributed by atoms with E-state index in [1.165, 1.54) is 0 Å². The highest BCUT2D eigenvalue weighted by molar-refractivity contribution is 5.92. The number of benzene rings is 1. The van der Waals surface area contributed by atoms with Crippen LogP contribution < -0.4 is 5.32 Å². The molecule has 1 heterocycles. The summed E-state index contributed by atoms with van der Waals surface area (Å²) in [6.45, 7) is 5.35. The number of aliphatic hydroxyl groups excluding tert-OH is 1. The van der Waals surface area contributed by atoms with Crippen LogP contribution in [0.2, 0.25) is 0 Å². The molecule has 5 nitrogen and oxygen atoms in total. The van der Waals surface area contributed by atoms with E-state index in [0.717, 1.165) is 11.3 Å². The fourth-order valence-electron chi connectivity index (χ4n) is 2.24. The number of aryl methyl sites for hydroxylation is 2. The summed E-state index contributed by atoms with van der Waals surface area (Å²) in [6, 6.07) is 11.0. The lowest BCUT2D eigenvalue weighted by Gasteiger charge is -2.20. The maximum atomic E-state index is 12.2. The Balaban J connectivity index is 1.98. The van der Waals surface area contributed by atoms with Gasteiger partial charge in [0.15, 0.2) is 0 Å². The summed E-state index contributed by atoms with van der Waals surface area (Å²) in [5, 5.41) is 13.0. The Labute approximate surface area is 130 Å². The Morgan fingerprint density at radius 1 is 1.23 bits per heavy atom. The van der Waals surface area contributed by atoms with Gasteiger partial charge in [0.05, 0.1) is 12.1 Å². The maximum absolute atomic E-state index is 12.2. The van der Waals surface area contributed by atoms with Gasteiger partial charge in [0.25, 0.3) is 5.91 Å². The summed E-state index contributed by atoms with van der Waals surface area (Å²) in [7, 11) is 0. The summed E-state index contributed by atoms with van der Waals surface area (Å²) < 4.78 is 0. The van der Waals surface area contributed by atoms with Gasteiger partial charge in [-0.1, -0.05) is 30.3 Å². The van der Waals surface area contributed by atoms with Crippen molar-refractivity contribution < 1.29 is 9.90 Å². The van der Waals surface area contributed by atoms with Crippen LogP contribution in [0.15, 0.2) is 36.4 Å². The van der Waals surface area contributed by atoms with E-state index in [4.69, 9.17) is 0 Å². The summed E-state index contributed by atoms with van der Waals surface area (Å²) in [5.74, 6) is 0.260.